The molecule has 6 heteroatoms. The Hall–Kier alpha value is -2.89. The minimum atomic E-state index is 0.00497. The summed E-state index contributed by atoms with van der Waals surface area (Å²) in [5.74, 6) is 0.434. The molecule has 25 heavy (non-hydrogen) atoms. The Kier molecular flexibility index (Phi) is 3.87. The van der Waals surface area contributed by atoms with E-state index < -0.39 is 0 Å². The number of hydrogen-bond donors (Lipinski definition) is 1. The topological polar surface area (TPSA) is 77.0 Å². The lowest BCUT2D eigenvalue weighted by molar-refractivity contribution is 0.0735. The standard InChI is InChI=1S/C19H21N5O/c1-2-23-17-15(22-19(23)20)11-14(12-21-17)18(25)24-10-6-9-16(24)13-7-4-3-5-8-13/h3-5,7-8,11-12,16H,2,6,9-10H2,1H3,(H2,20,22)/t16-/m0/s1. The first-order valence-corrected chi connectivity index (χ1v) is 8.66. The average Bonchev–Trinajstić information content (AvgIpc) is 3.24. The summed E-state index contributed by atoms with van der Waals surface area (Å²) in [6.45, 7) is 3.46. The van der Waals surface area contributed by atoms with Crippen LogP contribution in [0.25, 0.3) is 11.2 Å². The Morgan fingerprint density at radius 1 is 1.32 bits per heavy atom. The zero-order valence-electron chi connectivity index (χ0n) is 14.2. The second-order valence-electron chi connectivity index (χ2n) is 6.35. The third-order valence-electron chi connectivity index (χ3n) is 4.88. The van der Waals surface area contributed by atoms with E-state index >= 15 is 0 Å². The van der Waals surface area contributed by atoms with Crippen LogP contribution in [0.5, 0.6) is 0 Å². The number of fused-ring (bicyclic) bond motifs is 1. The lowest BCUT2D eigenvalue weighted by atomic mass is 10.0. The van der Waals surface area contributed by atoms with Crippen molar-refractivity contribution in [3.63, 3.8) is 0 Å². The van der Waals surface area contributed by atoms with Gasteiger partial charge in [0.2, 0.25) is 5.95 Å². The molecule has 1 aromatic carbocycles. The Morgan fingerprint density at radius 2 is 2.12 bits per heavy atom. The summed E-state index contributed by atoms with van der Waals surface area (Å²) < 4.78 is 1.84. The number of nitrogen functional groups attached to an aromatic ring is 1. The second kappa shape index (κ2) is 6.20. The van der Waals surface area contributed by atoms with E-state index in [4.69, 9.17) is 5.73 Å². The van der Waals surface area contributed by atoms with Crippen molar-refractivity contribution < 1.29 is 4.79 Å². The number of hydrogen-bond acceptors (Lipinski definition) is 4. The number of carbonyl (C=O) groups is 1. The van der Waals surface area contributed by atoms with Crippen LogP contribution in [0.15, 0.2) is 42.6 Å². The summed E-state index contributed by atoms with van der Waals surface area (Å²) >= 11 is 0. The van der Waals surface area contributed by atoms with Gasteiger partial charge in [0.25, 0.3) is 5.91 Å². The number of aromatic nitrogens is 3. The number of pyridine rings is 1. The average molecular weight is 335 g/mol. The molecule has 0 bridgehead atoms. The molecule has 0 aliphatic carbocycles. The number of imidazole rings is 1. The van der Waals surface area contributed by atoms with E-state index in [0.717, 1.165) is 25.0 Å². The van der Waals surface area contributed by atoms with Gasteiger partial charge in [-0.1, -0.05) is 30.3 Å². The van der Waals surface area contributed by atoms with E-state index in [1.807, 2.05) is 34.6 Å². The summed E-state index contributed by atoms with van der Waals surface area (Å²) in [6.07, 6.45) is 3.64. The second-order valence-corrected chi connectivity index (χ2v) is 6.35. The van der Waals surface area contributed by atoms with E-state index in [1.54, 1.807) is 12.3 Å². The van der Waals surface area contributed by atoms with E-state index in [9.17, 15) is 4.79 Å². The molecule has 0 radical (unpaired) electrons. The predicted octanol–water partition coefficient (Wildman–Crippen LogP) is 3.01. The Morgan fingerprint density at radius 3 is 2.88 bits per heavy atom. The van der Waals surface area contributed by atoms with Crippen molar-refractivity contribution in [2.75, 3.05) is 12.3 Å². The first kappa shape index (κ1) is 15.6. The van der Waals surface area contributed by atoms with Crippen LogP contribution in [0.2, 0.25) is 0 Å². The predicted molar refractivity (Wildman–Crippen MR) is 97.1 cm³/mol. The first-order chi connectivity index (χ1) is 12.2. The van der Waals surface area contributed by atoms with Gasteiger partial charge in [-0.15, -0.1) is 0 Å². The Balaban J connectivity index is 1.67. The van der Waals surface area contributed by atoms with Crippen molar-refractivity contribution in [3.8, 4) is 0 Å². The first-order valence-electron chi connectivity index (χ1n) is 8.66. The zero-order chi connectivity index (χ0) is 17.4. The molecule has 2 aromatic heterocycles. The molecule has 1 aliphatic rings. The van der Waals surface area contributed by atoms with Gasteiger partial charge in [-0.2, -0.15) is 0 Å². The summed E-state index contributed by atoms with van der Waals surface area (Å²) in [7, 11) is 0. The Bertz CT molecular complexity index is 918. The number of nitrogens with two attached hydrogens (primary N) is 1. The van der Waals surface area contributed by atoms with E-state index in [0.29, 0.717) is 23.6 Å². The summed E-state index contributed by atoms with van der Waals surface area (Å²) in [4.78, 5) is 23.8. The minimum absolute atomic E-state index is 0.00497. The van der Waals surface area contributed by atoms with Crippen molar-refractivity contribution in [2.45, 2.75) is 32.4 Å². The molecule has 1 amide bonds. The summed E-state index contributed by atoms with van der Waals surface area (Å²) in [6, 6.07) is 12.1. The van der Waals surface area contributed by atoms with Gasteiger partial charge in [0.05, 0.1) is 11.6 Å². The number of nitrogens with zero attached hydrogens (tertiary/aromatic N) is 4. The zero-order valence-corrected chi connectivity index (χ0v) is 14.2. The molecule has 4 rings (SSSR count). The summed E-state index contributed by atoms with van der Waals surface area (Å²) in [5, 5.41) is 0. The fraction of sp³-hybridized carbons (Fsp3) is 0.316. The SMILES string of the molecule is CCn1c(N)nc2cc(C(=O)N3CCC[C@H]3c3ccccc3)cnc21. The molecule has 1 fully saturated rings. The van der Waals surface area contributed by atoms with Crippen molar-refractivity contribution in [1.29, 1.82) is 0 Å². The number of rotatable bonds is 3. The van der Waals surface area contributed by atoms with Crippen LogP contribution in [-0.4, -0.2) is 31.9 Å². The molecule has 6 nitrogen and oxygen atoms in total. The third kappa shape index (κ3) is 2.63. The van der Waals surface area contributed by atoms with E-state index in [1.165, 1.54) is 5.56 Å². The molecule has 3 aromatic rings. The van der Waals surface area contributed by atoms with Crippen molar-refractivity contribution in [1.82, 2.24) is 19.4 Å². The molecule has 0 unspecified atom stereocenters. The number of anilines is 1. The lowest BCUT2D eigenvalue weighted by Crippen LogP contribution is -2.30. The largest absolute Gasteiger partial charge is 0.369 e. The fourth-order valence-corrected chi connectivity index (χ4v) is 3.65. The molecule has 1 saturated heterocycles. The normalized spacial score (nSPS) is 17.3. The van der Waals surface area contributed by atoms with Gasteiger partial charge in [-0.25, -0.2) is 9.97 Å². The van der Waals surface area contributed by atoms with Gasteiger partial charge in [-0.05, 0) is 31.4 Å². The van der Waals surface area contributed by atoms with Crippen molar-refractivity contribution >= 4 is 23.0 Å². The van der Waals surface area contributed by atoms with Crippen LogP contribution >= 0.6 is 0 Å². The number of aryl methyl sites for hydroxylation is 1. The van der Waals surface area contributed by atoms with Crippen LogP contribution in [-0.2, 0) is 6.54 Å². The number of likely N-dealkylation sites (tertiary alicyclic amines) is 1. The maximum atomic E-state index is 13.1. The molecule has 0 spiro atoms. The molecular formula is C19H21N5O. The molecule has 0 saturated carbocycles. The van der Waals surface area contributed by atoms with Crippen molar-refractivity contribution in [2.24, 2.45) is 0 Å². The molecule has 1 aliphatic heterocycles. The highest BCUT2D eigenvalue weighted by Crippen LogP contribution is 2.33. The van der Waals surface area contributed by atoms with Crippen LogP contribution in [0.1, 0.15) is 41.7 Å². The van der Waals surface area contributed by atoms with Gasteiger partial charge in [0, 0.05) is 19.3 Å². The smallest absolute Gasteiger partial charge is 0.256 e. The van der Waals surface area contributed by atoms with Crippen molar-refractivity contribution in [3.05, 3.63) is 53.7 Å². The van der Waals surface area contributed by atoms with Gasteiger partial charge in [0.15, 0.2) is 5.65 Å². The Labute approximate surface area is 146 Å². The van der Waals surface area contributed by atoms with E-state index in [-0.39, 0.29) is 11.9 Å². The van der Waals surface area contributed by atoms with Crippen LogP contribution in [0, 0.1) is 0 Å². The monoisotopic (exact) mass is 335 g/mol. The van der Waals surface area contributed by atoms with Gasteiger partial charge in [-0.3, -0.25) is 9.36 Å². The highest BCUT2D eigenvalue weighted by atomic mass is 16.2. The van der Waals surface area contributed by atoms with Crippen LogP contribution in [0.4, 0.5) is 5.95 Å². The molecular weight excluding hydrogens is 314 g/mol. The highest BCUT2D eigenvalue weighted by Gasteiger charge is 2.30. The number of amides is 1. The van der Waals surface area contributed by atoms with Crippen LogP contribution in [0.3, 0.4) is 0 Å². The third-order valence-corrected chi connectivity index (χ3v) is 4.88. The van der Waals surface area contributed by atoms with Gasteiger partial charge >= 0.3 is 0 Å². The lowest BCUT2D eigenvalue weighted by Gasteiger charge is -2.25. The molecule has 2 N–H and O–H groups in total. The van der Waals surface area contributed by atoms with Gasteiger partial charge < -0.3 is 10.6 Å². The number of benzene rings is 1. The minimum Gasteiger partial charge on any atom is -0.369 e. The van der Waals surface area contributed by atoms with Gasteiger partial charge in [0.1, 0.15) is 5.52 Å². The summed E-state index contributed by atoms with van der Waals surface area (Å²) in [5.41, 5.74) is 9.06. The number of carbonyl (C=O) groups excluding carboxylic acids is 1. The highest BCUT2D eigenvalue weighted by molar-refractivity contribution is 5.97. The molecule has 128 valence electrons. The van der Waals surface area contributed by atoms with Crippen LogP contribution < -0.4 is 5.73 Å². The molecule has 1 atom stereocenters. The quantitative estimate of drug-likeness (QED) is 0.798. The maximum absolute atomic E-state index is 13.1. The fourth-order valence-electron chi connectivity index (χ4n) is 3.65. The van der Waals surface area contributed by atoms with E-state index in [2.05, 4.69) is 22.1 Å². The molecule has 3 heterocycles. The maximum Gasteiger partial charge on any atom is 0.256 e.